The smallest absolute Gasteiger partial charge is 0.223 e. The van der Waals surface area contributed by atoms with Crippen LogP contribution in [0, 0.1) is 0 Å². The van der Waals surface area contributed by atoms with Crippen LogP contribution >= 0.6 is 11.8 Å². The number of nitrogens with zero attached hydrogens (tertiary/aromatic N) is 4. The maximum absolute atomic E-state index is 5.61. The minimum absolute atomic E-state index is 0.303. The zero-order valence-corrected chi connectivity index (χ0v) is 8.88. The quantitative estimate of drug-likeness (QED) is 0.591. The highest BCUT2D eigenvalue weighted by molar-refractivity contribution is 7.99. The second kappa shape index (κ2) is 3.45. The van der Waals surface area contributed by atoms with Crippen molar-refractivity contribution in [1.29, 1.82) is 0 Å². The number of fused-ring (bicyclic) bond motifs is 1. The Morgan fingerprint density at radius 3 is 3.00 bits per heavy atom. The minimum atomic E-state index is 0.303. The van der Waals surface area contributed by atoms with Gasteiger partial charge < -0.3 is 10.3 Å². The molecule has 0 saturated heterocycles. The van der Waals surface area contributed by atoms with Crippen LogP contribution in [0.4, 0.5) is 5.95 Å². The van der Waals surface area contributed by atoms with Gasteiger partial charge in [0.2, 0.25) is 5.95 Å². The van der Waals surface area contributed by atoms with Crippen molar-refractivity contribution in [3.63, 3.8) is 0 Å². The summed E-state index contributed by atoms with van der Waals surface area (Å²) in [5.41, 5.74) is 7.22. The van der Waals surface area contributed by atoms with Gasteiger partial charge in [-0.3, -0.25) is 0 Å². The van der Waals surface area contributed by atoms with E-state index < -0.39 is 0 Å². The lowest BCUT2D eigenvalue weighted by Gasteiger charge is -2.00. The van der Waals surface area contributed by atoms with E-state index in [2.05, 4.69) is 21.9 Å². The van der Waals surface area contributed by atoms with E-state index in [0.717, 1.165) is 21.9 Å². The molecule has 74 valence electrons. The Bertz CT molecular complexity index is 464. The molecule has 0 aliphatic rings. The molecule has 0 aromatic carbocycles. The molecule has 0 unspecified atom stereocenters. The highest BCUT2D eigenvalue weighted by Gasteiger charge is 2.09. The maximum Gasteiger partial charge on any atom is 0.223 e. The molecule has 0 atom stereocenters. The number of nitrogens with two attached hydrogens (primary N) is 1. The summed E-state index contributed by atoms with van der Waals surface area (Å²) in [6.07, 6.45) is 1.72. The predicted octanol–water partition coefficient (Wildman–Crippen LogP) is 1.06. The Hall–Kier alpha value is -1.30. The van der Waals surface area contributed by atoms with Crippen LogP contribution in [0.15, 0.2) is 11.4 Å². The van der Waals surface area contributed by atoms with Crippen LogP contribution in [0.5, 0.6) is 0 Å². The molecule has 2 aromatic rings. The van der Waals surface area contributed by atoms with Gasteiger partial charge in [0.25, 0.3) is 0 Å². The third kappa shape index (κ3) is 1.41. The van der Waals surface area contributed by atoms with Crippen LogP contribution in [0.1, 0.15) is 6.92 Å². The first-order valence-corrected chi connectivity index (χ1v) is 5.28. The van der Waals surface area contributed by atoms with Crippen molar-refractivity contribution >= 4 is 28.9 Å². The third-order valence-corrected chi connectivity index (χ3v) is 2.67. The first-order chi connectivity index (χ1) is 6.72. The Labute approximate surface area is 85.7 Å². The van der Waals surface area contributed by atoms with Gasteiger partial charge >= 0.3 is 0 Å². The highest BCUT2D eigenvalue weighted by Crippen LogP contribution is 2.23. The molecular formula is C8H11N5S. The number of aryl methyl sites for hydroxylation is 1. The maximum atomic E-state index is 5.61. The van der Waals surface area contributed by atoms with E-state index >= 15 is 0 Å². The predicted molar refractivity (Wildman–Crippen MR) is 57.1 cm³/mol. The summed E-state index contributed by atoms with van der Waals surface area (Å²) in [5, 5.41) is 0.857. The van der Waals surface area contributed by atoms with E-state index in [1.807, 2.05) is 11.6 Å². The lowest BCUT2D eigenvalue weighted by atomic mass is 10.5. The fourth-order valence-corrected chi connectivity index (χ4v) is 1.95. The molecule has 0 amide bonds. The van der Waals surface area contributed by atoms with Crippen LogP contribution in [0.25, 0.3) is 11.2 Å². The Morgan fingerprint density at radius 1 is 1.50 bits per heavy atom. The molecule has 0 fully saturated rings. The number of anilines is 1. The normalized spacial score (nSPS) is 11.0. The summed E-state index contributed by atoms with van der Waals surface area (Å²) < 4.78 is 1.84. The zero-order valence-electron chi connectivity index (χ0n) is 8.06. The number of nitrogen functional groups attached to an aromatic ring is 1. The molecule has 0 aliphatic carbocycles. The fourth-order valence-electron chi connectivity index (χ4n) is 1.23. The molecule has 0 radical (unpaired) electrons. The zero-order chi connectivity index (χ0) is 10.1. The number of thioether (sulfide) groups is 1. The van der Waals surface area contributed by atoms with Gasteiger partial charge in [-0.15, -0.1) is 11.8 Å². The van der Waals surface area contributed by atoms with E-state index in [4.69, 9.17) is 5.73 Å². The first kappa shape index (κ1) is 9.26. The fraction of sp³-hybridized carbons (Fsp3) is 0.375. The van der Waals surface area contributed by atoms with Crippen LogP contribution in [-0.2, 0) is 7.05 Å². The number of aromatic nitrogens is 4. The van der Waals surface area contributed by atoms with Gasteiger partial charge in [0, 0.05) is 7.05 Å². The summed E-state index contributed by atoms with van der Waals surface area (Å²) in [7, 11) is 1.89. The average Bonchev–Trinajstić information content (AvgIpc) is 2.49. The second-order valence-corrected chi connectivity index (χ2v) is 4.10. The van der Waals surface area contributed by atoms with Gasteiger partial charge in [-0.05, 0) is 5.75 Å². The van der Waals surface area contributed by atoms with E-state index in [9.17, 15) is 0 Å². The van der Waals surface area contributed by atoms with Crippen molar-refractivity contribution in [2.45, 2.75) is 11.9 Å². The lowest BCUT2D eigenvalue weighted by molar-refractivity contribution is 0.927. The van der Waals surface area contributed by atoms with Gasteiger partial charge in [-0.25, -0.2) is 9.97 Å². The van der Waals surface area contributed by atoms with Crippen molar-refractivity contribution in [3.8, 4) is 0 Å². The van der Waals surface area contributed by atoms with Crippen LogP contribution in [0.2, 0.25) is 0 Å². The van der Waals surface area contributed by atoms with Crippen molar-refractivity contribution in [2.75, 3.05) is 11.5 Å². The Kier molecular flexibility index (Phi) is 2.28. The lowest BCUT2D eigenvalue weighted by Crippen LogP contribution is -1.99. The van der Waals surface area contributed by atoms with Crippen LogP contribution < -0.4 is 5.73 Å². The summed E-state index contributed by atoms with van der Waals surface area (Å²) >= 11 is 1.63. The molecule has 14 heavy (non-hydrogen) atoms. The molecule has 0 spiro atoms. The molecule has 0 saturated carbocycles. The Morgan fingerprint density at radius 2 is 2.29 bits per heavy atom. The monoisotopic (exact) mass is 209 g/mol. The highest BCUT2D eigenvalue weighted by atomic mass is 32.2. The molecule has 0 aliphatic heterocycles. The molecule has 2 aromatic heterocycles. The number of hydrogen-bond donors (Lipinski definition) is 1. The second-order valence-electron chi connectivity index (χ2n) is 2.85. The molecule has 5 nitrogen and oxygen atoms in total. The molecular weight excluding hydrogens is 198 g/mol. The number of hydrogen-bond acceptors (Lipinski definition) is 5. The molecule has 2 rings (SSSR count). The van der Waals surface area contributed by atoms with Crippen LogP contribution in [0.3, 0.4) is 0 Å². The van der Waals surface area contributed by atoms with Gasteiger partial charge in [-0.1, -0.05) is 6.92 Å². The van der Waals surface area contributed by atoms with Crippen LogP contribution in [-0.4, -0.2) is 25.3 Å². The first-order valence-electron chi connectivity index (χ1n) is 4.29. The molecule has 2 N–H and O–H groups in total. The van der Waals surface area contributed by atoms with Gasteiger partial charge in [0.15, 0.2) is 5.65 Å². The van der Waals surface area contributed by atoms with Gasteiger partial charge in [-0.2, -0.15) is 4.98 Å². The van der Waals surface area contributed by atoms with Gasteiger partial charge in [0.05, 0.1) is 6.33 Å². The van der Waals surface area contributed by atoms with E-state index in [-0.39, 0.29) is 0 Å². The average molecular weight is 209 g/mol. The van der Waals surface area contributed by atoms with E-state index in [1.165, 1.54) is 0 Å². The SMILES string of the molecule is CCSc1nc(N)nc2c1ncn2C. The number of rotatable bonds is 2. The minimum Gasteiger partial charge on any atom is -0.368 e. The summed E-state index contributed by atoms with van der Waals surface area (Å²) in [6, 6.07) is 0. The summed E-state index contributed by atoms with van der Waals surface area (Å²) in [6.45, 7) is 2.07. The summed E-state index contributed by atoms with van der Waals surface area (Å²) in [4.78, 5) is 12.5. The molecule has 2 heterocycles. The molecule has 0 bridgehead atoms. The largest absolute Gasteiger partial charge is 0.368 e. The van der Waals surface area contributed by atoms with Crippen molar-refractivity contribution in [1.82, 2.24) is 19.5 Å². The topological polar surface area (TPSA) is 69.6 Å². The van der Waals surface area contributed by atoms with E-state index in [0.29, 0.717) is 5.95 Å². The molecule has 6 heteroatoms. The van der Waals surface area contributed by atoms with E-state index in [1.54, 1.807) is 18.1 Å². The van der Waals surface area contributed by atoms with Crippen molar-refractivity contribution in [2.24, 2.45) is 7.05 Å². The van der Waals surface area contributed by atoms with Gasteiger partial charge in [0.1, 0.15) is 10.5 Å². The van der Waals surface area contributed by atoms with Crippen molar-refractivity contribution < 1.29 is 0 Å². The summed E-state index contributed by atoms with van der Waals surface area (Å²) in [5.74, 6) is 1.25. The third-order valence-electron chi connectivity index (χ3n) is 1.83. The van der Waals surface area contributed by atoms with Crippen molar-refractivity contribution in [3.05, 3.63) is 6.33 Å². The number of imidazole rings is 1. The standard InChI is InChI=1S/C8H11N5S/c1-3-14-7-5-6(11-8(9)12-7)13(2)4-10-5/h4H,3H2,1-2H3,(H2,9,11,12). The Balaban J connectivity index is 2.68.